The molecule has 3 rings (SSSR count). The van der Waals surface area contributed by atoms with Gasteiger partial charge in [0, 0.05) is 6.54 Å². The third kappa shape index (κ3) is 2.28. The van der Waals surface area contributed by atoms with Crippen molar-refractivity contribution in [3.8, 4) is 5.75 Å². The molecule has 3 nitrogen and oxygen atoms in total. The van der Waals surface area contributed by atoms with E-state index < -0.39 is 0 Å². The Morgan fingerprint density at radius 2 is 2.12 bits per heavy atom. The molecule has 1 aromatic rings. The van der Waals surface area contributed by atoms with E-state index in [0.29, 0.717) is 18.7 Å². The maximum Gasteiger partial charge on any atom is 0.257 e. The Hall–Kier alpha value is -1.51. The van der Waals surface area contributed by atoms with E-state index in [2.05, 4.69) is 0 Å². The first-order valence-electron chi connectivity index (χ1n) is 6.36. The number of ether oxygens (including phenoxy) is 1. The second-order valence-corrected chi connectivity index (χ2v) is 4.87. The summed E-state index contributed by atoms with van der Waals surface area (Å²) in [5.41, 5.74) is 0.709. The second-order valence-electron chi connectivity index (χ2n) is 4.87. The lowest BCUT2D eigenvalue weighted by atomic mass is 10.1. The number of benzene rings is 1. The van der Waals surface area contributed by atoms with E-state index in [1.165, 1.54) is 12.8 Å². The van der Waals surface area contributed by atoms with Crippen molar-refractivity contribution in [2.45, 2.75) is 19.3 Å². The van der Waals surface area contributed by atoms with Gasteiger partial charge in [-0.25, -0.2) is 0 Å². The first-order chi connectivity index (χ1) is 8.34. The second kappa shape index (κ2) is 4.40. The average molecular weight is 231 g/mol. The number of carbonyl (C=O) groups excluding carboxylic acids is 1. The minimum Gasteiger partial charge on any atom is -0.491 e. The van der Waals surface area contributed by atoms with Crippen LogP contribution in [-0.2, 0) is 0 Å². The molecule has 2 aliphatic rings. The number of carbonyl (C=O) groups is 1. The molecule has 0 N–H and O–H groups in total. The van der Waals surface area contributed by atoms with Crippen LogP contribution in [0.25, 0.3) is 0 Å². The summed E-state index contributed by atoms with van der Waals surface area (Å²) in [5.74, 6) is 1.72. The van der Waals surface area contributed by atoms with Crippen molar-refractivity contribution in [2.24, 2.45) is 5.92 Å². The van der Waals surface area contributed by atoms with Crippen LogP contribution in [-0.4, -0.2) is 30.5 Å². The van der Waals surface area contributed by atoms with E-state index in [9.17, 15) is 4.79 Å². The Morgan fingerprint density at radius 1 is 1.29 bits per heavy atom. The Kier molecular flexibility index (Phi) is 2.75. The molecule has 1 aliphatic heterocycles. The molecule has 1 saturated carbocycles. The van der Waals surface area contributed by atoms with Crippen LogP contribution >= 0.6 is 0 Å². The Bertz CT molecular complexity index is 426. The number of hydrogen-bond acceptors (Lipinski definition) is 2. The van der Waals surface area contributed by atoms with Crippen molar-refractivity contribution >= 4 is 5.91 Å². The van der Waals surface area contributed by atoms with Gasteiger partial charge in [0.25, 0.3) is 5.91 Å². The van der Waals surface area contributed by atoms with Gasteiger partial charge in [-0.2, -0.15) is 0 Å². The molecular weight excluding hydrogens is 214 g/mol. The number of hydrogen-bond donors (Lipinski definition) is 0. The number of amides is 1. The van der Waals surface area contributed by atoms with Crippen LogP contribution < -0.4 is 4.74 Å². The van der Waals surface area contributed by atoms with Gasteiger partial charge in [-0.15, -0.1) is 0 Å². The lowest BCUT2D eigenvalue weighted by Crippen LogP contribution is -2.33. The monoisotopic (exact) mass is 231 g/mol. The molecule has 90 valence electrons. The largest absolute Gasteiger partial charge is 0.491 e. The SMILES string of the molecule is O=C1c2ccccc2OCCN1CCC1CC1. The average Bonchev–Trinajstić information content (AvgIpc) is 3.17. The van der Waals surface area contributed by atoms with Gasteiger partial charge in [0.15, 0.2) is 0 Å². The zero-order chi connectivity index (χ0) is 11.7. The van der Waals surface area contributed by atoms with E-state index in [-0.39, 0.29) is 5.91 Å². The minimum atomic E-state index is 0.124. The fraction of sp³-hybridized carbons (Fsp3) is 0.500. The van der Waals surface area contributed by atoms with E-state index in [4.69, 9.17) is 4.74 Å². The van der Waals surface area contributed by atoms with Crippen LogP contribution in [0.5, 0.6) is 5.75 Å². The van der Waals surface area contributed by atoms with E-state index in [0.717, 1.165) is 24.6 Å². The topological polar surface area (TPSA) is 29.5 Å². The fourth-order valence-electron chi connectivity index (χ4n) is 2.27. The molecule has 0 unspecified atom stereocenters. The van der Waals surface area contributed by atoms with Gasteiger partial charge in [-0.05, 0) is 24.5 Å². The summed E-state index contributed by atoms with van der Waals surface area (Å²) in [6, 6.07) is 7.53. The lowest BCUT2D eigenvalue weighted by Gasteiger charge is -2.19. The summed E-state index contributed by atoms with van der Waals surface area (Å²) in [4.78, 5) is 14.3. The molecule has 1 amide bonds. The normalized spacial score (nSPS) is 19.5. The lowest BCUT2D eigenvalue weighted by molar-refractivity contribution is 0.0751. The molecule has 1 heterocycles. The highest BCUT2D eigenvalue weighted by atomic mass is 16.5. The zero-order valence-corrected chi connectivity index (χ0v) is 9.89. The highest BCUT2D eigenvalue weighted by Crippen LogP contribution is 2.33. The van der Waals surface area contributed by atoms with Gasteiger partial charge in [-0.1, -0.05) is 25.0 Å². The molecule has 1 aromatic carbocycles. The fourth-order valence-corrected chi connectivity index (χ4v) is 2.27. The van der Waals surface area contributed by atoms with Crippen molar-refractivity contribution in [3.05, 3.63) is 29.8 Å². The van der Waals surface area contributed by atoms with Crippen LogP contribution in [0.15, 0.2) is 24.3 Å². The van der Waals surface area contributed by atoms with Gasteiger partial charge < -0.3 is 9.64 Å². The Balaban J connectivity index is 1.76. The van der Waals surface area contributed by atoms with Crippen LogP contribution in [0.2, 0.25) is 0 Å². The predicted molar refractivity (Wildman–Crippen MR) is 65.2 cm³/mol. The molecule has 0 radical (unpaired) electrons. The molecule has 1 aliphatic carbocycles. The first-order valence-corrected chi connectivity index (χ1v) is 6.36. The number of fused-ring (bicyclic) bond motifs is 1. The molecule has 3 heteroatoms. The van der Waals surface area contributed by atoms with Crippen LogP contribution in [0.3, 0.4) is 0 Å². The first kappa shape index (κ1) is 10.6. The molecule has 0 spiro atoms. The van der Waals surface area contributed by atoms with Crippen LogP contribution in [0.1, 0.15) is 29.6 Å². The molecule has 0 atom stereocenters. The number of rotatable bonds is 3. The molecule has 1 fully saturated rings. The summed E-state index contributed by atoms with van der Waals surface area (Å²) in [7, 11) is 0. The molecular formula is C14H17NO2. The minimum absolute atomic E-state index is 0.124. The van der Waals surface area contributed by atoms with Crippen LogP contribution in [0, 0.1) is 5.92 Å². The highest BCUT2D eigenvalue weighted by molar-refractivity contribution is 5.97. The Morgan fingerprint density at radius 3 is 2.94 bits per heavy atom. The van der Waals surface area contributed by atoms with Crippen molar-refractivity contribution in [2.75, 3.05) is 19.7 Å². The third-order valence-electron chi connectivity index (χ3n) is 3.53. The van der Waals surface area contributed by atoms with Gasteiger partial charge >= 0.3 is 0 Å². The van der Waals surface area contributed by atoms with Crippen LogP contribution in [0.4, 0.5) is 0 Å². The van der Waals surface area contributed by atoms with E-state index >= 15 is 0 Å². The number of para-hydroxylation sites is 1. The highest BCUT2D eigenvalue weighted by Gasteiger charge is 2.26. The molecule has 0 saturated heterocycles. The third-order valence-corrected chi connectivity index (χ3v) is 3.53. The standard InChI is InChI=1S/C14H17NO2/c16-14-12-3-1-2-4-13(12)17-10-9-15(14)8-7-11-5-6-11/h1-4,11H,5-10H2. The van der Waals surface area contributed by atoms with Gasteiger partial charge in [0.1, 0.15) is 12.4 Å². The zero-order valence-electron chi connectivity index (χ0n) is 9.89. The van der Waals surface area contributed by atoms with Crippen molar-refractivity contribution in [3.63, 3.8) is 0 Å². The van der Waals surface area contributed by atoms with Crippen molar-refractivity contribution in [1.82, 2.24) is 4.90 Å². The Labute approximate surface area is 101 Å². The van der Waals surface area contributed by atoms with E-state index in [1.54, 1.807) is 0 Å². The maximum absolute atomic E-state index is 12.3. The van der Waals surface area contributed by atoms with E-state index in [1.807, 2.05) is 29.2 Å². The molecule has 0 aromatic heterocycles. The maximum atomic E-state index is 12.3. The smallest absolute Gasteiger partial charge is 0.257 e. The number of nitrogens with zero attached hydrogens (tertiary/aromatic N) is 1. The van der Waals surface area contributed by atoms with Gasteiger partial charge in [0.2, 0.25) is 0 Å². The predicted octanol–water partition coefficient (Wildman–Crippen LogP) is 2.32. The summed E-state index contributed by atoms with van der Waals surface area (Å²) in [6.07, 6.45) is 3.83. The van der Waals surface area contributed by atoms with Crippen molar-refractivity contribution < 1.29 is 9.53 Å². The summed E-state index contributed by atoms with van der Waals surface area (Å²) in [6.45, 7) is 2.19. The van der Waals surface area contributed by atoms with Crippen molar-refractivity contribution in [1.29, 1.82) is 0 Å². The van der Waals surface area contributed by atoms with Gasteiger partial charge in [0.05, 0.1) is 12.1 Å². The summed E-state index contributed by atoms with van der Waals surface area (Å²) in [5, 5.41) is 0. The quantitative estimate of drug-likeness (QED) is 0.799. The van der Waals surface area contributed by atoms with Gasteiger partial charge in [-0.3, -0.25) is 4.79 Å². The molecule has 17 heavy (non-hydrogen) atoms. The molecule has 0 bridgehead atoms. The summed E-state index contributed by atoms with van der Waals surface area (Å²) >= 11 is 0. The summed E-state index contributed by atoms with van der Waals surface area (Å²) < 4.78 is 5.61.